The third kappa shape index (κ3) is 3.67. The van der Waals surface area contributed by atoms with Gasteiger partial charge in [0, 0.05) is 25.2 Å². The van der Waals surface area contributed by atoms with Gasteiger partial charge in [0.15, 0.2) is 0 Å². The summed E-state index contributed by atoms with van der Waals surface area (Å²) in [5.41, 5.74) is 6.12. The molecule has 5 saturated carbocycles. The smallest absolute Gasteiger partial charge is 0.410 e. The molecule has 2 heterocycles. The van der Waals surface area contributed by atoms with E-state index in [4.69, 9.17) is 10.5 Å². The monoisotopic (exact) mass is 439 g/mol. The maximum Gasteiger partial charge on any atom is 0.410 e. The molecule has 1 aromatic heterocycles. The Labute approximate surface area is 188 Å². The van der Waals surface area contributed by atoms with Crippen LogP contribution in [0.4, 0.5) is 16.3 Å². The number of nitrogens with zero attached hydrogens (tertiary/aromatic N) is 2. The van der Waals surface area contributed by atoms with E-state index in [1.165, 1.54) is 0 Å². The van der Waals surface area contributed by atoms with Crippen molar-refractivity contribution in [3.8, 4) is 0 Å². The molecule has 1 aliphatic heterocycles. The van der Waals surface area contributed by atoms with Crippen molar-refractivity contribution in [1.29, 1.82) is 0 Å². The lowest BCUT2D eigenvalue weighted by molar-refractivity contribution is -0.164. The summed E-state index contributed by atoms with van der Waals surface area (Å²) in [6, 6.07) is 4.25. The van der Waals surface area contributed by atoms with Gasteiger partial charge in [-0.25, -0.2) is 9.78 Å². The van der Waals surface area contributed by atoms with Crippen LogP contribution in [0.2, 0.25) is 0 Å². The Morgan fingerprint density at radius 3 is 2.56 bits per heavy atom. The van der Waals surface area contributed by atoms with Gasteiger partial charge in [0.1, 0.15) is 11.9 Å². The van der Waals surface area contributed by atoms with Crippen molar-refractivity contribution in [2.24, 2.45) is 23.2 Å². The lowest BCUT2D eigenvalue weighted by atomic mass is 9.48. The first kappa shape index (κ1) is 20.1. The summed E-state index contributed by atoms with van der Waals surface area (Å²) in [7, 11) is 0. The van der Waals surface area contributed by atoms with Crippen molar-refractivity contribution >= 4 is 23.5 Å². The summed E-state index contributed by atoms with van der Waals surface area (Å²) in [6.45, 7) is 1.30. The number of anilines is 2. The second-order valence-corrected chi connectivity index (χ2v) is 10.9. The standard InChI is InChI=1S/C24H33N5O3/c25-17-1-4-20(26-12-17)27-19-5-6-29(13-19)23(31)32-21-15-7-14-8-16(21)11-24(9-14,10-15)22(30)28-18-2-3-18/h1,4,12,14-16,18-19,21H,2-3,5-11,13,25H2,(H,26,27)(H,28,30)/t14?,15?,16?,19-,21?,24?/m1/s1. The molecule has 4 bridgehead atoms. The predicted molar refractivity (Wildman–Crippen MR) is 120 cm³/mol. The third-order valence-corrected chi connectivity index (χ3v) is 8.40. The zero-order chi connectivity index (χ0) is 21.9. The zero-order valence-electron chi connectivity index (χ0n) is 18.5. The number of ether oxygens (including phenoxy) is 1. The zero-order valence-corrected chi connectivity index (χ0v) is 18.5. The van der Waals surface area contributed by atoms with Crippen molar-refractivity contribution in [2.45, 2.75) is 69.6 Å². The van der Waals surface area contributed by atoms with Crippen LogP contribution in [0.25, 0.3) is 0 Å². The van der Waals surface area contributed by atoms with Gasteiger partial charge in [-0.15, -0.1) is 0 Å². The third-order valence-electron chi connectivity index (χ3n) is 8.40. The van der Waals surface area contributed by atoms with Crippen molar-refractivity contribution < 1.29 is 14.3 Å². The molecule has 8 nitrogen and oxygen atoms in total. The Hall–Kier alpha value is -2.51. The fourth-order valence-electron chi connectivity index (χ4n) is 6.95. The van der Waals surface area contributed by atoms with E-state index in [1.54, 1.807) is 6.20 Å². The number of aromatic nitrogens is 1. The van der Waals surface area contributed by atoms with Crippen molar-refractivity contribution in [3.63, 3.8) is 0 Å². The SMILES string of the molecule is Nc1ccc(N[C@@H]2CCN(C(=O)OC3C4CC5CC3CC(C(=O)NC3CC3)(C5)C4)C2)nc1. The number of nitrogens with one attached hydrogen (secondary N) is 2. The largest absolute Gasteiger partial charge is 0.446 e. The van der Waals surface area contributed by atoms with E-state index in [1.807, 2.05) is 17.0 Å². The summed E-state index contributed by atoms with van der Waals surface area (Å²) in [5.74, 6) is 2.31. The first-order chi connectivity index (χ1) is 15.5. The topological polar surface area (TPSA) is 110 Å². The maximum absolute atomic E-state index is 13.0. The molecule has 6 aliphatic rings. The number of carbonyl (C=O) groups excluding carboxylic acids is 2. The second kappa shape index (κ2) is 7.52. The van der Waals surface area contributed by atoms with Gasteiger partial charge in [-0.3, -0.25) is 4.79 Å². The summed E-state index contributed by atoms with van der Waals surface area (Å²) in [5, 5.41) is 6.65. The van der Waals surface area contributed by atoms with Crippen molar-refractivity contribution in [1.82, 2.24) is 15.2 Å². The molecule has 0 aromatic carbocycles. The number of hydrogen-bond acceptors (Lipinski definition) is 6. The Kier molecular flexibility index (Phi) is 4.73. The number of hydrogen-bond donors (Lipinski definition) is 3. The number of pyridine rings is 1. The quantitative estimate of drug-likeness (QED) is 0.651. The normalized spacial score (nSPS) is 37.4. The lowest BCUT2D eigenvalue weighted by Crippen LogP contribution is -2.59. The van der Waals surface area contributed by atoms with Crippen molar-refractivity contribution in [2.75, 3.05) is 24.1 Å². The molecule has 1 saturated heterocycles. The van der Waals surface area contributed by atoms with E-state index in [9.17, 15) is 9.59 Å². The summed E-state index contributed by atoms with van der Waals surface area (Å²) >= 11 is 0. The molecule has 172 valence electrons. The Morgan fingerprint density at radius 1 is 1.09 bits per heavy atom. The van der Waals surface area contributed by atoms with Gasteiger partial charge in [-0.2, -0.15) is 0 Å². The Morgan fingerprint density at radius 2 is 1.88 bits per heavy atom. The number of nitrogen functional groups attached to an aromatic ring is 1. The second-order valence-electron chi connectivity index (χ2n) is 10.9. The van der Waals surface area contributed by atoms with Crippen LogP contribution in [0.15, 0.2) is 18.3 Å². The highest BCUT2D eigenvalue weighted by Crippen LogP contribution is 2.61. The van der Waals surface area contributed by atoms with Crippen LogP contribution in [-0.4, -0.2) is 53.2 Å². The summed E-state index contributed by atoms with van der Waals surface area (Å²) in [6.07, 6.45) is 9.49. The van der Waals surface area contributed by atoms with Crippen LogP contribution in [0.3, 0.4) is 0 Å². The summed E-state index contributed by atoms with van der Waals surface area (Å²) in [4.78, 5) is 32.2. The first-order valence-corrected chi connectivity index (χ1v) is 12.2. The lowest BCUT2D eigenvalue weighted by Gasteiger charge is -2.58. The van der Waals surface area contributed by atoms with Crippen LogP contribution >= 0.6 is 0 Å². The number of carbonyl (C=O) groups is 2. The molecule has 5 aliphatic carbocycles. The Bertz CT molecular complexity index is 885. The Balaban J connectivity index is 1.06. The first-order valence-electron chi connectivity index (χ1n) is 12.2. The molecule has 3 atom stereocenters. The molecule has 32 heavy (non-hydrogen) atoms. The van der Waals surface area contributed by atoms with Crippen molar-refractivity contribution in [3.05, 3.63) is 18.3 Å². The van der Waals surface area contributed by atoms with Crippen LogP contribution in [0, 0.1) is 23.2 Å². The molecule has 2 amide bonds. The molecule has 4 N–H and O–H groups in total. The minimum Gasteiger partial charge on any atom is -0.446 e. The fraction of sp³-hybridized carbons (Fsp3) is 0.708. The summed E-state index contributed by atoms with van der Waals surface area (Å²) < 4.78 is 6.14. The number of rotatable bonds is 5. The van der Waals surface area contributed by atoms with E-state index in [-0.39, 0.29) is 29.6 Å². The van der Waals surface area contributed by atoms with E-state index in [0.717, 1.165) is 57.2 Å². The minimum absolute atomic E-state index is 0.0355. The van der Waals surface area contributed by atoms with Gasteiger partial charge in [-0.05, 0) is 81.3 Å². The molecule has 0 spiro atoms. The van der Waals surface area contributed by atoms with Crippen LogP contribution in [0.1, 0.15) is 51.4 Å². The highest BCUT2D eigenvalue weighted by Gasteiger charge is 2.60. The molecule has 2 unspecified atom stereocenters. The molecular formula is C24H33N5O3. The average Bonchev–Trinajstić information content (AvgIpc) is 3.46. The predicted octanol–water partition coefficient (Wildman–Crippen LogP) is 2.76. The fourth-order valence-corrected chi connectivity index (χ4v) is 6.95. The van der Waals surface area contributed by atoms with Crippen LogP contribution in [-0.2, 0) is 9.53 Å². The van der Waals surface area contributed by atoms with Gasteiger partial charge >= 0.3 is 6.09 Å². The number of likely N-dealkylation sites (tertiary alicyclic amines) is 1. The van der Waals surface area contributed by atoms with Gasteiger partial charge in [0.25, 0.3) is 0 Å². The highest BCUT2D eigenvalue weighted by atomic mass is 16.6. The van der Waals surface area contributed by atoms with Crippen LogP contribution in [0.5, 0.6) is 0 Å². The van der Waals surface area contributed by atoms with Gasteiger partial charge < -0.3 is 26.0 Å². The van der Waals surface area contributed by atoms with Crippen LogP contribution < -0.4 is 16.4 Å². The number of nitrogens with two attached hydrogens (primary N) is 1. The van der Waals surface area contributed by atoms with Gasteiger partial charge in [-0.1, -0.05) is 0 Å². The molecule has 8 heteroatoms. The molecule has 7 rings (SSSR count). The highest BCUT2D eigenvalue weighted by molar-refractivity contribution is 5.83. The van der Waals surface area contributed by atoms with E-state index in [0.29, 0.717) is 42.6 Å². The van der Waals surface area contributed by atoms with E-state index < -0.39 is 0 Å². The van der Waals surface area contributed by atoms with E-state index >= 15 is 0 Å². The number of amides is 2. The average molecular weight is 440 g/mol. The molecule has 1 aromatic rings. The van der Waals surface area contributed by atoms with Gasteiger partial charge in [0.05, 0.1) is 17.3 Å². The maximum atomic E-state index is 13.0. The molecular weight excluding hydrogens is 406 g/mol. The minimum atomic E-state index is -0.212. The van der Waals surface area contributed by atoms with E-state index in [2.05, 4.69) is 15.6 Å². The molecule has 0 radical (unpaired) electrons. The molecule has 6 fully saturated rings. The van der Waals surface area contributed by atoms with Gasteiger partial charge in [0.2, 0.25) is 5.91 Å².